The predicted octanol–water partition coefficient (Wildman–Crippen LogP) is 5.23. The first-order valence-electron chi connectivity index (χ1n) is 3.77. The van der Waals surface area contributed by atoms with Gasteiger partial charge < -0.3 is 0 Å². The molecule has 0 amide bonds. The summed E-state index contributed by atoms with van der Waals surface area (Å²) in [5.74, 6) is 0. The molecule has 0 saturated heterocycles. The molecule has 0 bridgehead atoms. The van der Waals surface area contributed by atoms with Crippen molar-refractivity contribution >= 4 is 58.3 Å². The maximum absolute atomic E-state index is 12.2. The van der Waals surface area contributed by atoms with Crippen molar-refractivity contribution in [3.8, 4) is 0 Å². The van der Waals surface area contributed by atoms with Gasteiger partial charge in [-0.3, -0.25) is 0 Å². The SMILES string of the molecule is O=C=Nc1c(Cl)cc(SC(F)(F)F)c(Cl)c1Cl. The molecular weight excluding hydrogens is 322 g/mol. The van der Waals surface area contributed by atoms with Gasteiger partial charge in [-0.05, 0) is 17.8 Å². The Morgan fingerprint density at radius 2 is 1.82 bits per heavy atom. The molecule has 0 N–H and O–H groups in total. The van der Waals surface area contributed by atoms with Crippen molar-refractivity contribution in [3.63, 3.8) is 0 Å². The van der Waals surface area contributed by atoms with E-state index < -0.39 is 17.3 Å². The standard InChI is InChI=1S/C8HCl3F3NOS/c9-3-1-4(17-8(12,13)14)5(10)6(11)7(3)15-2-16/h1H. The van der Waals surface area contributed by atoms with Crippen LogP contribution in [-0.2, 0) is 4.79 Å². The minimum Gasteiger partial charge on any atom is -0.211 e. The van der Waals surface area contributed by atoms with Crippen LogP contribution in [0.25, 0.3) is 0 Å². The molecule has 0 saturated carbocycles. The van der Waals surface area contributed by atoms with E-state index >= 15 is 0 Å². The fourth-order valence-electron chi connectivity index (χ4n) is 0.911. The maximum atomic E-state index is 12.2. The number of benzene rings is 1. The van der Waals surface area contributed by atoms with E-state index in [0.717, 1.165) is 6.07 Å². The Bertz CT molecular complexity index is 500. The Balaban J connectivity index is 3.34. The largest absolute Gasteiger partial charge is 0.446 e. The fourth-order valence-corrected chi connectivity index (χ4v) is 2.45. The van der Waals surface area contributed by atoms with Gasteiger partial charge in [-0.2, -0.15) is 18.2 Å². The average molecular weight is 323 g/mol. The molecule has 9 heteroatoms. The van der Waals surface area contributed by atoms with Gasteiger partial charge in [0.15, 0.2) is 0 Å². The van der Waals surface area contributed by atoms with Gasteiger partial charge in [-0.15, -0.1) is 0 Å². The lowest BCUT2D eigenvalue weighted by atomic mass is 10.3. The molecule has 1 aromatic carbocycles. The zero-order chi connectivity index (χ0) is 13.2. The summed E-state index contributed by atoms with van der Waals surface area (Å²) in [6.45, 7) is 0. The van der Waals surface area contributed by atoms with Gasteiger partial charge in [0.2, 0.25) is 6.08 Å². The minimum absolute atomic E-state index is 0.208. The molecule has 0 aliphatic rings. The van der Waals surface area contributed by atoms with E-state index in [0.29, 0.717) is 0 Å². The van der Waals surface area contributed by atoms with Gasteiger partial charge in [0.1, 0.15) is 5.69 Å². The number of thioether (sulfide) groups is 1. The van der Waals surface area contributed by atoms with Crippen LogP contribution in [0.3, 0.4) is 0 Å². The Hall–Kier alpha value is -0.390. The van der Waals surface area contributed by atoms with Crippen molar-refractivity contribution < 1.29 is 18.0 Å². The highest BCUT2D eigenvalue weighted by atomic mass is 35.5. The molecule has 0 aliphatic carbocycles. The summed E-state index contributed by atoms with van der Waals surface area (Å²) in [5.41, 5.74) is -4.73. The molecule has 0 aromatic heterocycles. The number of nitrogens with zero attached hydrogens (tertiary/aromatic N) is 1. The summed E-state index contributed by atoms with van der Waals surface area (Å²) < 4.78 is 36.5. The summed E-state index contributed by atoms with van der Waals surface area (Å²) in [4.78, 5) is 12.9. The number of alkyl halides is 3. The van der Waals surface area contributed by atoms with Crippen LogP contribution < -0.4 is 0 Å². The first-order valence-corrected chi connectivity index (χ1v) is 5.72. The van der Waals surface area contributed by atoms with Crippen molar-refractivity contribution in [2.24, 2.45) is 4.99 Å². The van der Waals surface area contributed by atoms with Crippen molar-refractivity contribution in [2.75, 3.05) is 0 Å². The number of carbonyl (C=O) groups excluding carboxylic acids is 1. The van der Waals surface area contributed by atoms with Crippen LogP contribution in [0, 0.1) is 0 Å². The highest BCUT2D eigenvalue weighted by Crippen LogP contribution is 2.47. The first-order chi connectivity index (χ1) is 7.76. The smallest absolute Gasteiger partial charge is 0.211 e. The highest BCUT2D eigenvalue weighted by Gasteiger charge is 2.31. The van der Waals surface area contributed by atoms with Gasteiger partial charge in [-0.25, -0.2) is 4.79 Å². The van der Waals surface area contributed by atoms with E-state index in [9.17, 15) is 18.0 Å². The average Bonchev–Trinajstić information content (AvgIpc) is 2.19. The molecule has 0 fully saturated rings. The van der Waals surface area contributed by atoms with Crippen molar-refractivity contribution in [3.05, 3.63) is 21.1 Å². The molecule has 0 spiro atoms. The number of halogens is 6. The Kier molecular flexibility index (Phi) is 4.75. The maximum Gasteiger partial charge on any atom is 0.446 e. The van der Waals surface area contributed by atoms with Gasteiger partial charge in [0.25, 0.3) is 0 Å². The normalized spacial score (nSPS) is 11.2. The van der Waals surface area contributed by atoms with Gasteiger partial charge in [0, 0.05) is 4.90 Å². The Morgan fingerprint density at radius 1 is 1.24 bits per heavy atom. The van der Waals surface area contributed by atoms with Crippen LogP contribution in [0.2, 0.25) is 15.1 Å². The topological polar surface area (TPSA) is 29.4 Å². The monoisotopic (exact) mass is 321 g/mol. The number of hydrogen-bond donors (Lipinski definition) is 0. The van der Waals surface area contributed by atoms with Crippen LogP contribution in [0.5, 0.6) is 0 Å². The van der Waals surface area contributed by atoms with Crippen LogP contribution >= 0.6 is 46.6 Å². The van der Waals surface area contributed by atoms with Crippen molar-refractivity contribution in [2.45, 2.75) is 10.4 Å². The van der Waals surface area contributed by atoms with Crippen LogP contribution in [-0.4, -0.2) is 11.6 Å². The Morgan fingerprint density at radius 3 is 2.29 bits per heavy atom. The molecule has 2 nitrogen and oxygen atoms in total. The summed E-state index contributed by atoms with van der Waals surface area (Å²) >= 11 is 16.4. The number of isocyanates is 1. The van der Waals surface area contributed by atoms with Crippen LogP contribution in [0.15, 0.2) is 16.0 Å². The van der Waals surface area contributed by atoms with E-state index in [2.05, 4.69) is 4.99 Å². The van der Waals surface area contributed by atoms with Crippen LogP contribution in [0.1, 0.15) is 0 Å². The highest BCUT2D eigenvalue weighted by molar-refractivity contribution is 8.00. The third kappa shape index (κ3) is 3.79. The second kappa shape index (κ2) is 5.50. The second-order valence-corrected chi connectivity index (χ2v) is 4.85. The molecular formula is C8HCl3F3NOS. The summed E-state index contributed by atoms with van der Waals surface area (Å²) in [6, 6.07) is 0.935. The molecule has 0 radical (unpaired) electrons. The van der Waals surface area contributed by atoms with E-state index in [4.69, 9.17) is 34.8 Å². The quantitative estimate of drug-likeness (QED) is 0.323. The first kappa shape index (κ1) is 14.7. The fraction of sp³-hybridized carbons (Fsp3) is 0.125. The number of aliphatic imine (C=N–C) groups is 1. The van der Waals surface area contributed by atoms with Crippen molar-refractivity contribution in [1.82, 2.24) is 0 Å². The molecule has 92 valence electrons. The van der Waals surface area contributed by atoms with E-state index in [-0.39, 0.29) is 25.7 Å². The molecule has 0 heterocycles. The second-order valence-electron chi connectivity index (χ2n) is 2.58. The molecule has 17 heavy (non-hydrogen) atoms. The lowest BCUT2D eigenvalue weighted by Gasteiger charge is -2.10. The lowest BCUT2D eigenvalue weighted by molar-refractivity contribution is -0.0328. The zero-order valence-electron chi connectivity index (χ0n) is 7.61. The van der Waals surface area contributed by atoms with E-state index in [1.807, 2.05) is 0 Å². The lowest BCUT2D eigenvalue weighted by Crippen LogP contribution is -1.99. The molecule has 0 aliphatic heterocycles. The summed E-state index contributed by atoms with van der Waals surface area (Å²) in [5, 5.41) is -0.906. The summed E-state index contributed by atoms with van der Waals surface area (Å²) in [7, 11) is 0. The van der Waals surface area contributed by atoms with Crippen molar-refractivity contribution in [1.29, 1.82) is 0 Å². The minimum atomic E-state index is -4.52. The van der Waals surface area contributed by atoms with Gasteiger partial charge >= 0.3 is 5.51 Å². The Labute approximate surface area is 113 Å². The zero-order valence-corrected chi connectivity index (χ0v) is 10.7. The number of rotatable bonds is 2. The molecule has 1 aromatic rings. The third-order valence-corrected chi connectivity index (χ3v) is 3.51. The number of hydrogen-bond acceptors (Lipinski definition) is 3. The third-order valence-electron chi connectivity index (χ3n) is 1.48. The molecule has 0 unspecified atom stereocenters. The van der Waals surface area contributed by atoms with E-state index in [1.54, 1.807) is 0 Å². The van der Waals surface area contributed by atoms with Gasteiger partial charge in [-0.1, -0.05) is 34.8 Å². The predicted molar refractivity (Wildman–Crippen MR) is 61.2 cm³/mol. The van der Waals surface area contributed by atoms with Gasteiger partial charge in [0.05, 0.1) is 15.1 Å². The molecule has 1 rings (SSSR count). The summed E-state index contributed by atoms with van der Waals surface area (Å²) in [6.07, 6.45) is 1.18. The molecule has 0 atom stereocenters. The van der Waals surface area contributed by atoms with E-state index in [1.165, 1.54) is 6.08 Å². The van der Waals surface area contributed by atoms with Crippen LogP contribution in [0.4, 0.5) is 18.9 Å².